The monoisotopic (exact) mass is 283 g/mol. The minimum absolute atomic E-state index is 0.332. The molecule has 0 aliphatic carbocycles. The minimum Gasteiger partial charge on any atom is -0.462 e. The van der Waals surface area contributed by atoms with Crippen molar-refractivity contribution in [2.75, 3.05) is 6.61 Å². The van der Waals surface area contributed by atoms with Crippen LogP contribution < -0.4 is 5.73 Å². The highest BCUT2D eigenvalue weighted by molar-refractivity contribution is 5.78. The van der Waals surface area contributed by atoms with Crippen molar-refractivity contribution in [3.63, 3.8) is 0 Å². The molecular formula is C11H10F5NO2. The first-order valence-corrected chi connectivity index (χ1v) is 5.17. The number of carbonyl (C=O) groups is 1. The van der Waals surface area contributed by atoms with E-state index >= 15 is 0 Å². The Labute approximate surface area is 105 Å². The number of benzene rings is 1. The normalized spacial score (nSPS) is 13.2. The molecule has 1 atom stereocenters. The van der Waals surface area contributed by atoms with Crippen molar-refractivity contribution < 1.29 is 31.5 Å². The van der Waals surface area contributed by atoms with Crippen LogP contribution in [-0.2, 0) is 9.53 Å². The van der Waals surface area contributed by atoms with Crippen LogP contribution in [0, 0.1) is 17.5 Å². The maximum atomic E-state index is 13.5. The van der Waals surface area contributed by atoms with Crippen LogP contribution >= 0.6 is 0 Å². The van der Waals surface area contributed by atoms with Crippen molar-refractivity contribution in [1.82, 2.24) is 0 Å². The fraction of sp³-hybridized carbons (Fsp3) is 0.364. The first-order valence-electron chi connectivity index (χ1n) is 5.17. The van der Waals surface area contributed by atoms with Crippen LogP contribution in [0.15, 0.2) is 12.1 Å². The average Bonchev–Trinajstić information content (AvgIpc) is 2.35. The number of ether oxygens (including phenoxy) is 1. The van der Waals surface area contributed by atoms with Gasteiger partial charge in [-0.25, -0.2) is 18.0 Å². The Kier molecular flexibility index (Phi) is 4.46. The van der Waals surface area contributed by atoms with Gasteiger partial charge < -0.3 is 10.5 Å². The van der Waals surface area contributed by atoms with E-state index in [9.17, 15) is 26.7 Å². The van der Waals surface area contributed by atoms with Gasteiger partial charge in [-0.05, 0) is 13.0 Å². The molecule has 0 fully saturated rings. The maximum Gasteiger partial charge on any atom is 0.379 e. The van der Waals surface area contributed by atoms with E-state index < -0.39 is 40.9 Å². The summed E-state index contributed by atoms with van der Waals surface area (Å²) in [6, 6.07) is -1.50. The van der Waals surface area contributed by atoms with Gasteiger partial charge >= 0.3 is 11.9 Å². The van der Waals surface area contributed by atoms with Gasteiger partial charge in [0.15, 0.2) is 17.5 Å². The molecule has 3 nitrogen and oxygen atoms in total. The van der Waals surface area contributed by atoms with Crippen molar-refractivity contribution in [3.05, 3.63) is 35.1 Å². The predicted octanol–water partition coefficient (Wildman–Crippen LogP) is 2.30. The van der Waals surface area contributed by atoms with Crippen LogP contribution in [0.2, 0.25) is 0 Å². The highest BCUT2D eigenvalue weighted by atomic mass is 19.3. The van der Waals surface area contributed by atoms with Gasteiger partial charge in [0.05, 0.1) is 6.61 Å². The smallest absolute Gasteiger partial charge is 0.379 e. The summed E-state index contributed by atoms with van der Waals surface area (Å²) < 4.78 is 70.0. The van der Waals surface area contributed by atoms with E-state index in [2.05, 4.69) is 4.74 Å². The van der Waals surface area contributed by atoms with Crippen LogP contribution in [0.25, 0.3) is 0 Å². The first-order chi connectivity index (χ1) is 8.73. The summed E-state index contributed by atoms with van der Waals surface area (Å²) >= 11 is 0. The summed E-state index contributed by atoms with van der Waals surface area (Å²) in [6.07, 6.45) is 0. The standard InChI is InChI=1S/C11H10F5NO2/c1-2-19-10(18)11(15,16)9(17)5-3-4-6(12)8(14)7(5)13/h3-4,9H,2,17H2,1H3/t9-/m0/s1. The first kappa shape index (κ1) is 15.4. The fourth-order valence-corrected chi connectivity index (χ4v) is 1.33. The van der Waals surface area contributed by atoms with E-state index in [1.54, 1.807) is 0 Å². The van der Waals surface area contributed by atoms with Crippen LogP contribution in [-0.4, -0.2) is 18.5 Å². The van der Waals surface area contributed by atoms with E-state index in [-0.39, 0.29) is 6.61 Å². The second-order valence-electron chi connectivity index (χ2n) is 3.59. The van der Waals surface area contributed by atoms with Gasteiger partial charge in [0.25, 0.3) is 0 Å². The third kappa shape index (κ3) is 2.83. The summed E-state index contributed by atoms with van der Waals surface area (Å²) in [5, 5.41) is 0. The van der Waals surface area contributed by atoms with Gasteiger partial charge in [-0.15, -0.1) is 0 Å². The molecule has 1 rings (SSSR count). The Morgan fingerprint density at radius 1 is 1.32 bits per heavy atom. The Balaban J connectivity index is 3.16. The van der Waals surface area contributed by atoms with Gasteiger partial charge in [0, 0.05) is 5.56 Å². The molecule has 1 aromatic rings. The van der Waals surface area contributed by atoms with E-state index in [1.165, 1.54) is 6.92 Å². The quantitative estimate of drug-likeness (QED) is 0.524. The topological polar surface area (TPSA) is 52.3 Å². The van der Waals surface area contributed by atoms with Gasteiger partial charge in [-0.3, -0.25) is 0 Å². The molecule has 0 saturated heterocycles. The van der Waals surface area contributed by atoms with Crippen molar-refractivity contribution in [1.29, 1.82) is 0 Å². The number of alkyl halides is 2. The molecule has 0 bridgehead atoms. The molecule has 0 amide bonds. The molecule has 0 spiro atoms. The summed E-state index contributed by atoms with van der Waals surface area (Å²) in [7, 11) is 0. The highest BCUT2D eigenvalue weighted by Crippen LogP contribution is 2.33. The fourth-order valence-electron chi connectivity index (χ4n) is 1.33. The summed E-state index contributed by atoms with van der Waals surface area (Å²) in [5.41, 5.74) is 4.03. The molecule has 106 valence electrons. The van der Waals surface area contributed by atoms with Gasteiger partial charge in [-0.1, -0.05) is 6.07 Å². The number of halogens is 5. The zero-order valence-electron chi connectivity index (χ0n) is 9.72. The molecule has 8 heteroatoms. The SMILES string of the molecule is CCOC(=O)C(F)(F)[C@@H](N)c1ccc(F)c(F)c1F. The molecule has 19 heavy (non-hydrogen) atoms. The number of esters is 1. The predicted molar refractivity (Wildman–Crippen MR) is 54.8 cm³/mol. The molecule has 0 aliphatic rings. The number of carbonyl (C=O) groups excluding carboxylic acids is 1. The maximum absolute atomic E-state index is 13.5. The van der Waals surface area contributed by atoms with Crippen LogP contribution in [0.5, 0.6) is 0 Å². The van der Waals surface area contributed by atoms with Gasteiger partial charge in [-0.2, -0.15) is 8.78 Å². The van der Waals surface area contributed by atoms with Crippen molar-refractivity contribution in [3.8, 4) is 0 Å². The lowest BCUT2D eigenvalue weighted by atomic mass is 10.0. The van der Waals surface area contributed by atoms with Gasteiger partial charge in [0.2, 0.25) is 0 Å². The molecule has 0 radical (unpaired) electrons. The van der Waals surface area contributed by atoms with Gasteiger partial charge in [0.1, 0.15) is 6.04 Å². The Morgan fingerprint density at radius 3 is 2.42 bits per heavy atom. The Bertz CT molecular complexity index is 492. The number of rotatable bonds is 4. The average molecular weight is 283 g/mol. The summed E-state index contributed by atoms with van der Waals surface area (Å²) in [5.74, 6) is -11.6. The van der Waals surface area contributed by atoms with Crippen LogP contribution in [0.1, 0.15) is 18.5 Å². The lowest BCUT2D eigenvalue weighted by molar-refractivity contribution is -0.174. The summed E-state index contributed by atoms with van der Waals surface area (Å²) in [6.45, 7) is 0.957. The Hall–Kier alpha value is -1.70. The third-order valence-corrected chi connectivity index (χ3v) is 2.34. The van der Waals surface area contributed by atoms with E-state index in [1.807, 2.05) is 0 Å². The van der Waals surface area contributed by atoms with Crippen LogP contribution in [0.3, 0.4) is 0 Å². The lowest BCUT2D eigenvalue weighted by Crippen LogP contribution is -2.42. The number of nitrogens with two attached hydrogens (primary N) is 1. The number of hydrogen-bond acceptors (Lipinski definition) is 3. The molecule has 1 aromatic carbocycles. The molecule has 0 saturated carbocycles. The zero-order valence-corrected chi connectivity index (χ0v) is 9.72. The molecule has 2 N–H and O–H groups in total. The van der Waals surface area contributed by atoms with Crippen molar-refractivity contribution >= 4 is 5.97 Å². The van der Waals surface area contributed by atoms with E-state index in [4.69, 9.17) is 5.73 Å². The number of hydrogen-bond donors (Lipinski definition) is 1. The zero-order chi connectivity index (χ0) is 14.8. The van der Waals surface area contributed by atoms with Crippen LogP contribution in [0.4, 0.5) is 22.0 Å². The van der Waals surface area contributed by atoms with E-state index in [0.717, 1.165) is 0 Å². The largest absolute Gasteiger partial charge is 0.462 e. The molecule has 0 aliphatic heterocycles. The minimum atomic E-state index is -4.26. The lowest BCUT2D eigenvalue weighted by Gasteiger charge is -2.22. The third-order valence-electron chi connectivity index (χ3n) is 2.34. The highest BCUT2D eigenvalue weighted by Gasteiger charge is 2.49. The molecular weight excluding hydrogens is 273 g/mol. The second kappa shape index (κ2) is 5.52. The molecule has 0 unspecified atom stereocenters. The van der Waals surface area contributed by atoms with E-state index in [0.29, 0.717) is 12.1 Å². The molecule has 0 heterocycles. The molecule has 0 aromatic heterocycles. The summed E-state index contributed by atoms with van der Waals surface area (Å²) in [4.78, 5) is 11.0. The van der Waals surface area contributed by atoms with Crippen molar-refractivity contribution in [2.45, 2.75) is 18.9 Å². The van der Waals surface area contributed by atoms with Crippen molar-refractivity contribution in [2.24, 2.45) is 5.73 Å². The Morgan fingerprint density at radius 2 is 1.89 bits per heavy atom. The second-order valence-corrected chi connectivity index (χ2v) is 3.59.